The van der Waals surface area contributed by atoms with Gasteiger partial charge in [0.25, 0.3) is 0 Å². The SMILES string of the molecule is COc1cc(CC2NCCc3cc(OC)c(O)cc32)ccc1O. The highest BCUT2D eigenvalue weighted by Crippen LogP contribution is 2.36. The molecule has 0 fully saturated rings. The van der Waals surface area contributed by atoms with Crippen molar-refractivity contribution in [1.82, 2.24) is 5.32 Å². The van der Waals surface area contributed by atoms with E-state index in [-0.39, 0.29) is 17.5 Å². The fraction of sp³-hybridized carbons (Fsp3) is 0.333. The van der Waals surface area contributed by atoms with Crippen LogP contribution in [0, 0.1) is 0 Å². The number of methoxy groups -OCH3 is 2. The van der Waals surface area contributed by atoms with E-state index in [1.165, 1.54) is 12.7 Å². The average molecular weight is 315 g/mol. The molecule has 0 saturated carbocycles. The van der Waals surface area contributed by atoms with Gasteiger partial charge in [0.15, 0.2) is 23.0 Å². The summed E-state index contributed by atoms with van der Waals surface area (Å²) >= 11 is 0. The van der Waals surface area contributed by atoms with Gasteiger partial charge in [0.2, 0.25) is 0 Å². The Morgan fingerprint density at radius 2 is 1.78 bits per heavy atom. The molecule has 0 aromatic heterocycles. The number of hydrogen-bond acceptors (Lipinski definition) is 5. The highest BCUT2D eigenvalue weighted by atomic mass is 16.5. The molecular formula is C18H21NO4. The van der Waals surface area contributed by atoms with E-state index in [1.54, 1.807) is 19.2 Å². The Balaban J connectivity index is 1.90. The third-order valence-electron chi connectivity index (χ3n) is 4.29. The molecule has 1 aliphatic heterocycles. The quantitative estimate of drug-likeness (QED) is 0.809. The predicted molar refractivity (Wildman–Crippen MR) is 87.5 cm³/mol. The fourth-order valence-electron chi connectivity index (χ4n) is 3.09. The zero-order valence-corrected chi connectivity index (χ0v) is 13.3. The molecule has 3 N–H and O–H groups in total. The number of phenolic OH excluding ortho intramolecular Hbond substituents is 2. The molecule has 3 rings (SSSR count). The lowest BCUT2D eigenvalue weighted by molar-refractivity contribution is 0.369. The molecule has 2 aromatic rings. The molecule has 5 nitrogen and oxygen atoms in total. The van der Waals surface area contributed by atoms with Crippen LogP contribution in [0.5, 0.6) is 23.0 Å². The fourth-order valence-corrected chi connectivity index (χ4v) is 3.09. The zero-order chi connectivity index (χ0) is 16.4. The van der Waals surface area contributed by atoms with Gasteiger partial charge in [-0.25, -0.2) is 0 Å². The van der Waals surface area contributed by atoms with Gasteiger partial charge in [-0.05, 0) is 60.3 Å². The van der Waals surface area contributed by atoms with Crippen molar-refractivity contribution in [3.63, 3.8) is 0 Å². The highest BCUT2D eigenvalue weighted by molar-refractivity contribution is 5.49. The van der Waals surface area contributed by atoms with E-state index in [1.807, 2.05) is 18.2 Å². The lowest BCUT2D eigenvalue weighted by Crippen LogP contribution is -2.31. The van der Waals surface area contributed by atoms with Crippen LogP contribution in [0.1, 0.15) is 22.7 Å². The summed E-state index contributed by atoms with van der Waals surface area (Å²) in [5.41, 5.74) is 3.33. The third-order valence-corrected chi connectivity index (χ3v) is 4.29. The summed E-state index contributed by atoms with van der Waals surface area (Å²) in [5, 5.41) is 23.3. The van der Waals surface area contributed by atoms with Crippen molar-refractivity contribution in [3.8, 4) is 23.0 Å². The molecule has 0 bridgehead atoms. The van der Waals surface area contributed by atoms with Gasteiger partial charge in [-0.15, -0.1) is 0 Å². The van der Waals surface area contributed by atoms with E-state index < -0.39 is 0 Å². The Bertz CT molecular complexity index is 714. The summed E-state index contributed by atoms with van der Waals surface area (Å²) in [7, 11) is 3.10. The molecule has 0 aliphatic carbocycles. The number of fused-ring (bicyclic) bond motifs is 1. The van der Waals surface area contributed by atoms with Crippen LogP contribution in [0.4, 0.5) is 0 Å². The number of nitrogens with one attached hydrogen (secondary N) is 1. The standard InChI is InChI=1S/C18H21NO4/c1-22-17-8-11(3-4-15(17)20)7-14-13-10-16(21)18(23-2)9-12(13)5-6-19-14/h3-4,8-10,14,19-21H,5-7H2,1-2H3. The Hall–Kier alpha value is -2.40. The molecule has 2 aromatic carbocycles. The predicted octanol–water partition coefficient (Wildman–Crippen LogP) is 2.54. The minimum absolute atomic E-state index is 0.102. The molecule has 1 atom stereocenters. The second kappa shape index (κ2) is 6.38. The van der Waals surface area contributed by atoms with Crippen molar-refractivity contribution in [2.45, 2.75) is 18.9 Å². The van der Waals surface area contributed by atoms with E-state index in [2.05, 4.69) is 5.32 Å². The van der Waals surface area contributed by atoms with Gasteiger partial charge < -0.3 is 25.0 Å². The lowest BCUT2D eigenvalue weighted by atomic mass is 9.90. The maximum Gasteiger partial charge on any atom is 0.160 e. The number of aromatic hydroxyl groups is 2. The second-order valence-corrected chi connectivity index (χ2v) is 5.69. The van der Waals surface area contributed by atoms with E-state index in [9.17, 15) is 10.2 Å². The molecule has 1 aliphatic rings. The summed E-state index contributed by atoms with van der Waals surface area (Å²) in [6.45, 7) is 0.876. The third kappa shape index (κ3) is 3.05. The minimum Gasteiger partial charge on any atom is -0.504 e. The van der Waals surface area contributed by atoms with Crippen LogP contribution in [0.25, 0.3) is 0 Å². The van der Waals surface area contributed by atoms with Crippen LogP contribution >= 0.6 is 0 Å². The number of hydrogen-bond donors (Lipinski definition) is 3. The van der Waals surface area contributed by atoms with Crippen molar-refractivity contribution in [3.05, 3.63) is 47.0 Å². The van der Waals surface area contributed by atoms with Gasteiger partial charge in [0.1, 0.15) is 0 Å². The topological polar surface area (TPSA) is 71.0 Å². The number of ether oxygens (including phenoxy) is 2. The van der Waals surface area contributed by atoms with Crippen LogP contribution in [-0.2, 0) is 12.8 Å². The van der Waals surface area contributed by atoms with Crippen molar-refractivity contribution in [2.24, 2.45) is 0 Å². The number of benzene rings is 2. The van der Waals surface area contributed by atoms with Gasteiger partial charge in [-0.1, -0.05) is 6.07 Å². The molecule has 122 valence electrons. The first-order valence-electron chi connectivity index (χ1n) is 7.61. The van der Waals surface area contributed by atoms with Gasteiger partial charge in [0, 0.05) is 6.04 Å². The van der Waals surface area contributed by atoms with Crippen LogP contribution in [-0.4, -0.2) is 31.0 Å². The average Bonchev–Trinajstić information content (AvgIpc) is 2.56. The Morgan fingerprint density at radius 3 is 2.52 bits per heavy atom. The summed E-state index contributed by atoms with van der Waals surface area (Å²) < 4.78 is 10.4. The summed E-state index contributed by atoms with van der Waals surface area (Å²) in [6.07, 6.45) is 1.65. The first kappa shape index (κ1) is 15.5. The lowest BCUT2D eigenvalue weighted by Gasteiger charge is -2.28. The molecule has 1 unspecified atom stereocenters. The number of rotatable bonds is 4. The van der Waals surface area contributed by atoms with Gasteiger partial charge in [-0.3, -0.25) is 0 Å². The Kier molecular flexibility index (Phi) is 4.30. The summed E-state index contributed by atoms with van der Waals surface area (Å²) in [4.78, 5) is 0. The monoisotopic (exact) mass is 315 g/mol. The van der Waals surface area contributed by atoms with Crippen molar-refractivity contribution >= 4 is 0 Å². The maximum absolute atomic E-state index is 10.1. The van der Waals surface area contributed by atoms with Gasteiger partial charge >= 0.3 is 0 Å². The Labute approximate surface area is 135 Å². The zero-order valence-electron chi connectivity index (χ0n) is 13.3. The van der Waals surface area contributed by atoms with Crippen molar-refractivity contribution < 1.29 is 19.7 Å². The first-order valence-corrected chi connectivity index (χ1v) is 7.61. The van der Waals surface area contributed by atoms with Crippen LogP contribution in [0.15, 0.2) is 30.3 Å². The van der Waals surface area contributed by atoms with E-state index in [0.29, 0.717) is 11.5 Å². The summed E-state index contributed by atoms with van der Waals surface area (Å²) in [6, 6.07) is 9.16. The van der Waals surface area contributed by atoms with E-state index >= 15 is 0 Å². The van der Waals surface area contributed by atoms with E-state index in [4.69, 9.17) is 9.47 Å². The maximum atomic E-state index is 10.1. The Morgan fingerprint density at radius 1 is 1.04 bits per heavy atom. The van der Waals surface area contributed by atoms with Gasteiger partial charge in [0.05, 0.1) is 14.2 Å². The first-order chi connectivity index (χ1) is 11.1. The molecule has 0 radical (unpaired) electrons. The van der Waals surface area contributed by atoms with E-state index in [0.717, 1.165) is 30.5 Å². The molecule has 5 heteroatoms. The second-order valence-electron chi connectivity index (χ2n) is 5.69. The number of phenols is 2. The molecule has 0 amide bonds. The highest BCUT2D eigenvalue weighted by Gasteiger charge is 2.22. The normalized spacial score (nSPS) is 16.7. The largest absolute Gasteiger partial charge is 0.504 e. The van der Waals surface area contributed by atoms with Crippen LogP contribution in [0.3, 0.4) is 0 Å². The van der Waals surface area contributed by atoms with Crippen LogP contribution < -0.4 is 14.8 Å². The molecule has 0 spiro atoms. The summed E-state index contributed by atoms with van der Waals surface area (Å²) in [5.74, 6) is 1.27. The van der Waals surface area contributed by atoms with Crippen molar-refractivity contribution in [1.29, 1.82) is 0 Å². The smallest absolute Gasteiger partial charge is 0.160 e. The molecule has 1 heterocycles. The molecule has 23 heavy (non-hydrogen) atoms. The minimum atomic E-state index is 0.102. The van der Waals surface area contributed by atoms with Gasteiger partial charge in [-0.2, -0.15) is 0 Å². The van der Waals surface area contributed by atoms with Crippen LogP contribution in [0.2, 0.25) is 0 Å². The molecule has 0 saturated heterocycles. The molecular weight excluding hydrogens is 294 g/mol. The van der Waals surface area contributed by atoms with Crippen molar-refractivity contribution in [2.75, 3.05) is 20.8 Å².